The van der Waals surface area contributed by atoms with Crippen LogP contribution in [0, 0.1) is 0 Å². The van der Waals surface area contributed by atoms with E-state index in [0.29, 0.717) is 5.56 Å². The molecule has 2 aromatic rings. The fourth-order valence-corrected chi connectivity index (χ4v) is 1.57. The number of alkyl halides is 5. The van der Waals surface area contributed by atoms with E-state index in [0.717, 1.165) is 12.1 Å². The van der Waals surface area contributed by atoms with Gasteiger partial charge in [-0.1, -0.05) is 0 Å². The minimum atomic E-state index is -4.77. The van der Waals surface area contributed by atoms with Gasteiger partial charge in [0, 0.05) is 17.8 Å². The lowest BCUT2D eigenvalue weighted by atomic mass is 10.1. The third-order valence-corrected chi connectivity index (χ3v) is 2.34. The maximum absolute atomic E-state index is 12.1. The molecule has 0 saturated carbocycles. The summed E-state index contributed by atoms with van der Waals surface area (Å²) in [5, 5.41) is 0. The standard InChI is InChI=1S/C13H8F5NO2/c14-12(15)20-10-5-6-19-11(7-10)8-1-3-9(4-2-8)21-13(16,17)18/h1-7,12H. The Morgan fingerprint density at radius 2 is 1.62 bits per heavy atom. The number of halogens is 5. The predicted molar refractivity (Wildman–Crippen MR) is 63.0 cm³/mol. The predicted octanol–water partition coefficient (Wildman–Crippen LogP) is 4.25. The number of hydrogen-bond acceptors (Lipinski definition) is 3. The highest BCUT2D eigenvalue weighted by Crippen LogP contribution is 2.27. The monoisotopic (exact) mass is 305 g/mol. The summed E-state index contributed by atoms with van der Waals surface area (Å²) in [5.74, 6) is -0.475. The van der Waals surface area contributed by atoms with Crippen LogP contribution in [0.2, 0.25) is 0 Å². The van der Waals surface area contributed by atoms with E-state index < -0.39 is 13.0 Å². The van der Waals surface area contributed by atoms with Crippen LogP contribution < -0.4 is 9.47 Å². The Morgan fingerprint density at radius 3 is 2.19 bits per heavy atom. The van der Waals surface area contributed by atoms with Gasteiger partial charge in [0.15, 0.2) is 0 Å². The molecule has 1 aromatic heterocycles. The average Bonchev–Trinajstić information content (AvgIpc) is 2.37. The molecule has 0 aliphatic carbocycles. The van der Waals surface area contributed by atoms with Gasteiger partial charge >= 0.3 is 13.0 Å². The van der Waals surface area contributed by atoms with Gasteiger partial charge in [0.05, 0.1) is 5.69 Å². The number of aromatic nitrogens is 1. The lowest BCUT2D eigenvalue weighted by molar-refractivity contribution is -0.274. The minimum absolute atomic E-state index is 0.0920. The third-order valence-electron chi connectivity index (χ3n) is 2.34. The molecule has 0 bridgehead atoms. The molecule has 112 valence electrons. The lowest BCUT2D eigenvalue weighted by Crippen LogP contribution is -2.16. The summed E-state index contributed by atoms with van der Waals surface area (Å²) in [6.07, 6.45) is -3.52. The second kappa shape index (κ2) is 5.94. The van der Waals surface area contributed by atoms with Crippen molar-refractivity contribution in [3.05, 3.63) is 42.6 Å². The molecule has 0 N–H and O–H groups in total. The number of ether oxygens (including phenoxy) is 2. The molecule has 3 nitrogen and oxygen atoms in total. The quantitative estimate of drug-likeness (QED) is 0.791. The van der Waals surface area contributed by atoms with Crippen molar-refractivity contribution < 1.29 is 31.4 Å². The SMILES string of the molecule is FC(F)Oc1ccnc(-c2ccc(OC(F)(F)F)cc2)c1. The Morgan fingerprint density at radius 1 is 0.952 bits per heavy atom. The van der Waals surface area contributed by atoms with Crippen molar-refractivity contribution in [3.63, 3.8) is 0 Å². The van der Waals surface area contributed by atoms with E-state index in [1.807, 2.05) is 0 Å². The molecular formula is C13H8F5NO2. The van der Waals surface area contributed by atoms with Crippen LogP contribution >= 0.6 is 0 Å². The fraction of sp³-hybridized carbons (Fsp3) is 0.154. The van der Waals surface area contributed by atoms with Gasteiger partial charge in [-0.15, -0.1) is 13.2 Å². The highest BCUT2D eigenvalue weighted by molar-refractivity contribution is 5.61. The average molecular weight is 305 g/mol. The van der Waals surface area contributed by atoms with Crippen molar-refractivity contribution in [2.75, 3.05) is 0 Å². The van der Waals surface area contributed by atoms with Crippen LogP contribution in [0.1, 0.15) is 0 Å². The molecule has 21 heavy (non-hydrogen) atoms. The zero-order valence-corrected chi connectivity index (χ0v) is 10.3. The highest BCUT2D eigenvalue weighted by atomic mass is 19.4. The topological polar surface area (TPSA) is 31.4 Å². The fourth-order valence-electron chi connectivity index (χ4n) is 1.57. The summed E-state index contributed by atoms with van der Waals surface area (Å²) in [6.45, 7) is -2.97. The van der Waals surface area contributed by atoms with E-state index >= 15 is 0 Å². The molecule has 0 fully saturated rings. The molecule has 0 saturated heterocycles. The van der Waals surface area contributed by atoms with Crippen LogP contribution in [0.15, 0.2) is 42.6 Å². The van der Waals surface area contributed by atoms with Gasteiger partial charge in [-0.25, -0.2) is 0 Å². The van der Waals surface area contributed by atoms with Crippen LogP contribution in [0.25, 0.3) is 11.3 Å². The maximum Gasteiger partial charge on any atom is 0.573 e. The Hall–Kier alpha value is -2.38. The van der Waals surface area contributed by atoms with Gasteiger partial charge < -0.3 is 9.47 Å². The summed E-state index contributed by atoms with van der Waals surface area (Å²) in [5.41, 5.74) is 0.718. The van der Waals surface area contributed by atoms with Crippen molar-refractivity contribution >= 4 is 0 Å². The molecular weight excluding hydrogens is 297 g/mol. The van der Waals surface area contributed by atoms with Crippen molar-refractivity contribution in [3.8, 4) is 22.8 Å². The van der Waals surface area contributed by atoms with Crippen molar-refractivity contribution in [2.24, 2.45) is 0 Å². The van der Waals surface area contributed by atoms with Crippen LogP contribution in [-0.4, -0.2) is 18.0 Å². The maximum atomic E-state index is 12.1. The van der Waals surface area contributed by atoms with Crippen LogP contribution in [0.4, 0.5) is 22.0 Å². The van der Waals surface area contributed by atoms with Crippen molar-refractivity contribution in [1.29, 1.82) is 0 Å². The zero-order valence-electron chi connectivity index (χ0n) is 10.3. The number of hydrogen-bond donors (Lipinski definition) is 0. The third kappa shape index (κ3) is 4.59. The van der Waals surface area contributed by atoms with E-state index in [1.165, 1.54) is 30.5 Å². The van der Waals surface area contributed by atoms with Gasteiger partial charge in [-0.3, -0.25) is 4.98 Å². The minimum Gasteiger partial charge on any atom is -0.435 e. The Kier molecular flexibility index (Phi) is 4.25. The molecule has 0 atom stereocenters. The number of pyridine rings is 1. The van der Waals surface area contributed by atoms with Gasteiger partial charge in [0.2, 0.25) is 0 Å². The van der Waals surface area contributed by atoms with Gasteiger partial charge in [-0.2, -0.15) is 8.78 Å². The molecule has 0 unspecified atom stereocenters. The zero-order chi connectivity index (χ0) is 15.5. The van der Waals surface area contributed by atoms with E-state index in [9.17, 15) is 22.0 Å². The summed E-state index contributed by atoms with van der Waals surface area (Å²) in [4.78, 5) is 3.93. The molecule has 0 aliphatic rings. The second-order valence-corrected chi connectivity index (χ2v) is 3.83. The smallest absolute Gasteiger partial charge is 0.435 e. The van der Waals surface area contributed by atoms with Crippen molar-refractivity contribution in [1.82, 2.24) is 4.98 Å². The summed E-state index contributed by atoms with van der Waals surface area (Å²) in [7, 11) is 0. The summed E-state index contributed by atoms with van der Waals surface area (Å²) in [6, 6.07) is 7.37. The largest absolute Gasteiger partial charge is 0.573 e. The van der Waals surface area contributed by atoms with Gasteiger partial charge in [0.1, 0.15) is 11.5 Å². The molecule has 0 spiro atoms. The van der Waals surface area contributed by atoms with Crippen LogP contribution in [0.3, 0.4) is 0 Å². The first-order valence-electron chi connectivity index (χ1n) is 5.60. The molecule has 2 rings (SSSR count). The van der Waals surface area contributed by atoms with Crippen molar-refractivity contribution in [2.45, 2.75) is 13.0 Å². The Balaban J connectivity index is 2.18. The Labute approximate surface area is 115 Å². The van der Waals surface area contributed by atoms with E-state index in [-0.39, 0.29) is 17.2 Å². The van der Waals surface area contributed by atoms with E-state index in [1.54, 1.807) is 0 Å². The first-order chi connectivity index (χ1) is 9.83. The van der Waals surface area contributed by atoms with Gasteiger partial charge in [-0.05, 0) is 30.3 Å². The number of rotatable bonds is 4. The highest BCUT2D eigenvalue weighted by Gasteiger charge is 2.30. The van der Waals surface area contributed by atoms with E-state index in [4.69, 9.17) is 0 Å². The lowest BCUT2D eigenvalue weighted by Gasteiger charge is -2.09. The first-order valence-corrected chi connectivity index (χ1v) is 5.60. The number of nitrogens with zero attached hydrogens (tertiary/aromatic N) is 1. The molecule has 1 heterocycles. The summed E-state index contributed by atoms with van der Waals surface area (Å²) >= 11 is 0. The van der Waals surface area contributed by atoms with Crippen LogP contribution in [0.5, 0.6) is 11.5 Å². The molecule has 0 radical (unpaired) electrons. The Bertz CT molecular complexity index is 598. The van der Waals surface area contributed by atoms with Crippen LogP contribution in [-0.2, 0) is 0 Å². The molecule has 0 amide bonds. The summed E-state index contributed by atoms with van der Waals surface area (Å²) < 4.78 is 68.2. The second-order valence-electron chi connectivity index (χ2n) is 3.83. The normalized spacial score (nSPS) is 11.5. The number of benzene rings is 1. The van der Waals surface area contributed by atoms with Gasteiger partial charge in [0.25, 0.3) is 0 Å². The molecule has 1 aromatic carbocycles. The first kappa shape index (κ1) is 15.0. The molecule has 0 aliphatic heterocycles. The van der Waals surface area contributed by atoms with E-state index in [2.05, 4.69) is 14.5 Å². The molecule has 8 heteroatoms.